The summed E-state index contributed by atoms with van der Waals surface area (Å²) in [7, 11) is 0. The molecule has 2 fully saturated rings. The Kier molecular flexibility index (Phi) is 6.67. The molecular weight excluding hydrogens is 380 g/mol. The van der Waals surface area contributed by atoms with E-state index in [4.69, 9.17) is 4.42 Å². The van der Waals surface area contributed by atoms with E-state index < -0.39 is 0 Å². The van der Waals surface area contributed by atoms with Gasteiger partial charge in [-0.1, -0.05) is 18.9 Å². The average molecular weight is 411 g/mol. The molecular formula is C23H30N4O3. The predicted octanol–water partition coefficient (Wildman–Crippen LogP) is 3.22. The lowest BCUT2D eigenvalue weighted by Gasteiger charge is -2.31. The molecule has 0 aromatic carbocycles. The smallest absolute Gasteiger partial charge is 0.257 e. The summed E-state index contributed by atoms with van der Waals surface area (Å²) < 4.78 is 5.01. The van der Waals surface area contributed by atoms with Gasteiger partial charge in [-0.2, -0.15) is 0 Å². The highest BCUT2D eigenvalue weighted by Gasteiger charge is 2.29. The van der Waals surface area contributed by atoms with Crippen molar-refractivity contribution in [1.82, 2.24) is 15.2 Å². The number of rotatable bonds is 5. The maximum atomic E-state index is 12.7. The van der Waals surface area contributed by atoms with Crippen molar-refractivity contribution in [1.29, 1.82) is 0 Å². The van der Waals surface area contributed by atoms with Crippen LogP contribution in [0.1, 0.15) is 54.4 Å². The Bertz CT molecular complexity index is 827. The molecule has 0 spiro atoms. The Hall–Kier alpha value is -2.83. The van der Waals surface area contributed by atoms with Gasteiger partial charge in [0.05, 0.1) is 17.7 Å². The van der Waals surface area contributed by atoms with Crippen molar-refractivity contribution in [3.63, 3.8) is 0 Å². The van der Waals surface area contributed by atoms with Crippen molar-refractivity contribution in [2.75, 3.05) is 31.1 Å². The number of aromatic nitrogens is 1. The third-order valence-corrected chi connectivity index (χ3v) is 6.05. The van der Waals surface area contributed by atoms with Crippen LogP contribution in [0, 0.1) is 5.92 Å². The van der Waals surface area contributed by atoms with Crippen LogP contribution >= 0.6 is 0 Å². The molecule has 2 aliphatic heterocycles. The number of hydrogen-bond acceptors (Lipinski definition) is 5. The molecule has 2 aromatic rings. The molecule has 1 atom stereocenters. The Morgan fingerprint density at radius 3 is 2.60 bits per heavy atom. The van der Waals surface area contributed by atoms with Crippen LogP contribution < -0.4 is 10.2 Å². The Morgan fingerprint density at radius 2 is 1.90 bits per heavy atom. The first kappa shape index (κ1) is 20.4. The molecule has 1 unspecified atom stereocenters. The second kappa shape index (κ2) is 9.78. The van der Waals surface area contributed by atoms with E-state index in [-0.39, 0.29) is 17.7 Å². The quantitative estimate of drug-likeness (QED) is 0.819. The first-order valence-corrected chi connectivity index (χ1v) is 11.0. The lowest BCUT2D eigenvalue weighted by Crippen LogP contribution is -2.45. The fourth-order valence-electron chi connectivity index (χ4n) is 4.29. The standard InChI is InChI=1S/C23H30N4O3/c28-22(19-6-5-12-27(16-19)23(29)20-9-13-30-17-20)25-15-18-7-8-21(24-14-18)26-10-3-1-2-4-11-26/h7-9,13-14,17,19H,1-6,10-12,15-16H2,(H,25,28). The molecule has 7 heteroatoms. The molecule has 0 bridgehead atoms. The summed E-state index contributed by atoms with van der Waals surface area (Å²) in [4.78, 5) is 33.9. The second-order valence-electron chi connectivity index (χ2n) is 8.25. The number of pyridine rings is 1. The zero-order chi connectivity index (χ0) is 20.8. The number of piperidine rings is 1. The summed E-state index contributed by atoms with van der Waals surface area (Å²) >= 11 is 0. The molecule has 2 aliphatic rings. The lowest BCUT2D eigenvalue weighted by molar-refractivity contribution is -0.126. The Labute approximate surface area is 177 Å². The number of furan rings is 1. The van der Waals surface area contributed by atoms with Crippen LogP contribution in [0.2, 0.25) is 0 Å². The number of carbonyl (C=O) groups is 2. The van der Waals surface area contributed by atoms with Crippen molar-refractivity contribution in [2.45, 2.75) is 45.1 Å². The summed E-state index contributed by atoms with van der Waals surface area (Å²) in [6, 6.07) is 5.76. The van der Waals surface area contributed by atoms with Crippen LogP contribution in [0.25, 0.3) is 0 Å². The zero-order valence-corrected chi connectivity index (χ0v) is 17.4. The molecule has 30 heavy (non-hydrogen) atoms. The monoisotopic (exact) mass is 410 g/mol. The number of likely N-dealkylation sites (tertiary alicyclic amines) is 1. The minimum absolute atomic E-state index is 0.00344. The van der Waals surface area contributed by atoms with Gasteiger partial charge in [-0.25, -0.2) is 4.98 Å². The molecule has 1 N–H and O–H groups in total. The number of carbonyl (C=O) groups excluding carboxylic acids is 2. The minimum atomic E-state index is -0.182. The SMILES string of the molecule is O=C(NCc1ccc(N2CCCCCC2)nc1)C1CCCN(C(=O)c2ccoc2)C1. The van der Waals surface area contributed by atoms with Crippen LogP contribution in [0.5, 0.6) is 0 Å². The second-order valence-corrected chi connectivity index (χ2v) is 8.25. The van der Waals surface area contributed by atoms with Crippen molar-refractivity contribution in [3.8, 4) is 0 Å². The highest BCUT2D eigenvalue weighted by atomic mass is 16.3. The highest BCUT2D eigenvalue weighted by molar-refractivity contribution is 5.94. The predicted molar refractivity (Wildman–Crippen MR) is 114 cm³/mol. The van der Waals surface area contributed by atoms with E-state index in [0.29, 0.717) is 25.2 Å². The summed E-state index contributed by atoms with van der Waals surface area (Å²) in [6.07, 6.45) is 11.5. The van der Waals surface area contributed by atoms with Crippen molar-refractivity contribution in [2.24, 2.45) is 5.92 Å². The van der Waals surface area contributed by atoms with Crippen LogP contribution in [-0.2, 0) is 11.3 Å². The van der Waals surface area contributed by atoms with Gasteiger partial charge >= 0.3 is 0 Å². The summed E-state index contributed by atoms with van der Waals surface area (Å²) in [6.45, 7) is 3.72. The minimum Gasteiger partial charge on any atom is -0.472 e. The van der Waals surface area contributed by atoms with Gasteiger partial charge in [0.1, 0.15) is 12.1 Å². The van der Waals surface area contributed by atoms with E-state index in [9.17, 15) is 9.59 Å². The first-order chi connectivity index (χ1) is 14.7. The number of nitrogens with one attached hydrogen (secondary N) is 1. The molecule has 2 amide bonds. The van der Waals surface area contributed by atoms with Gasteiger partial charge in [0.25, 0.3) is 5.91 Å². The number of hydrogen-bond donors (Lipinski definition) is 1. The highest BCUT2D eigenvalue weighted by Crippen LogP contribution is 2.20. The number of nitrogens with zero attached hydrogens (tertiary/aromatic N) is 3. The average Bonchev–Trinajstić information content (AvgIpc) is 3.20. The van der Waals surface area contributed by atoms with Gasteiger partial charge in [0.15, 0.2) is 0 Å². The van der Waals surface area contributed by atoms with E-state index in [0.717, 1.165) is 37.3 Å². The van der Waals surface area contributed by atoms with Crippen molar-refractivity contribution >= 4 is 17.6 Å². The molecule has 0 saturated carbocycles. The van der Waals surface area contributed by atoms with E-state index in [1.54, 1.807) is 11.0 Å². The molecule has 0 aliphatic carbocycles. The van der Waals surface area contributed by atoms with Gasteiger partial charge in [0.2, 0.25) is 5.91 Å². The van der Waals surface area contributed by atoms with Gasteiger partial charge in [0, 0.05) is 38.9 Å². The van der Waals surface area contributed by atoms with Crippen molar-refractivity contribution in [3.05, 3.63) is 48.0 Å². The largest absolute Gasteiger partial charge is 0.472 e. The summed E-state index contributed by atoms with van der Waals surface area (Å²) in [5.74, 6) is 0.762. The normalized spacial score (nSPS) is 19.9. The van der Waals surface area contributed by atoms with Gasteiger partial charge < -0.3 is 19.5 Å². The maximum absolute atomic E-state index is 12.7. The first-order valence-electron chi connectivity index (χ1n) is 11.0. The molecule has 4 heterocycles. The van der Waals surface area contributed by atoms with Gasteiger partial charge in [-0.3, -0.25) is 9.59 Å². The molecule has 160 valence electrons. The van der Waals surface area contributed by atoms with Gasteiger partial charge in [-0.15, -0.1) is 0 Å². The fourth-order valence-corrected chi connectivity index (χ4v) is 4.29. The van der Waals surface area contributed by atoms with E-state index in [2.05, 4.69) is 21.3 Å². The number of anilines is 1. The lowest BCUT2D eigenvalue weighted by atomic mass is 9.96. The van der Waals surface area contributed by atoms with Crippen LogP contribution in [0.3, 0.4) is 0 Å². The molecule has 2 aromatic heterocycles. The third-order valence-electron chi connectivity index (χ3n) is 6.05. The van der Waals surface area contributed by atoms with Crippen LogP contribution in [0.4, 0.5) is 5.82 Å². The molecule has 7 nitrogen and oxygen atoms in total. The Balaban J connectivity index is 1.28. The van der Waals surface area contributed by atoms with Crippen LogP contribution in [0.15, 0.2) is 41.3 Å². The Morgan fingerprint density at radius 1 is 1.07 bits per heavy atom. The van der Waals surface area contributed by atoms with Gasteiger partial charge in [-0.05, 0) is 43.4 Å². The number of amides is 2. The van der Waals surface area contributed by atoms with E-state index in [1.165, 1.54) is 38.2 Å². The summed E-state index contributed by atoms with van der Waals surface area (Å²) in [5.41, 5.74) is 1.52. The fraction of sp³-hybridized carbons (Fsp3) is 0.522. The van der Waals surface area contributed by atoms with E-state index in [1.807, 2.05) is 12.3 Å². The van der Waals surface area contributed by atoms with E-state index >= 15 is 0 Å². The maximum Gasteiger partial charge on any atom is 0.257 e. The zero-order valence-electron chi connectivity index (χ0n) is 17.4. The van der Waals surface area contributed by atoms with Crippen LogP contribution in [-0.4, -0.2) is 47.9 Å². The molecule has 2 saturated heterocycles. The third kappa shape index (κ3) is 5.01. The summed E-state index contributed by atoms with van der Waals surface area (Å²) in [5, 5.41) is 3.02. The molecule has 4 rings (SSSR count). The topological polar surface area (TPSA) is 78.7 Å². The molecule has 0 radical (unpaired) electrons. The van der Waals surface area contributed by atoms with Crippen molar-refractivity contribution < 1.29 is 14.0 Å².